The first kappa shape index (κ1) is 11.6. The maximum Gasteiger partial charge on any atom is 0.265 e. The van der Waals surface area contributed by atoms with Crippen molar-refractivity contribution in [1.29, 1.82) is 0 Å². The molecular weight excluding hydrogens is 246 g/mol. The van der Waals surface area contributed by atoms with Crippen LogP contribution >= 0.6 is 0 Å². The Hall–Kier alpha value is -2.50. The number of carbonyl (C=O) groups excluding carboxylic acids is 1. The molecule has 0 fully saturated rings. The van der Waals surface area contributed by atoms with Crippen LogP contribution in [0.2, 0.25) is 0 Å². The van der Waals surface area contributed by atoms with Crippen LogP contribution in [0.4, 0.5) is 11.4 Å². The highest BCUT2D eigenvalue weighted by molar-refractivity contribution is 5.98. The molecule has 98 valence electrons. The number of nitrogens with two attached hydrogens (primary N) is 1. The molecule has 19 heavy (non-hydrogen) atoms. The minimum absolute atomic E-state index is 0.175. The summed E-state index contributed by atoms with van der Waals surface area (Å²) in [5.74, 6) is 0.949. The van der Waals surface area contributed by atoms with Crippen molar-refractivity contribution < 1.29 is 14.1 Å². The van der Waals surface area contributed by atoms with Crippen LogP contribution in [0, 0.1) is 6.92 Å². The average Bonchev–Trinajstić information content (AvgIpc) is 2.71. The minimum Gasteiger partial charge on any atom is -0.479 e. The molecule has 3 N–H and O–H groups in total. The number of hydrogen-bond acceptors (Lipinski definition) is 5. The lowest BCUT2D eigenvalue weighted by Gasteiger charge is -2.23. The molecule has 6 nitrogen and oxygen atoms in total. The van der Waals surface area contributed by atoms with Crippen molar-refractivity contribution in [3.63, 3.8) is 0 Å². The predicted molar refractivity (Wildman–Crippen MR) is 69.8 cm³/mol. The summed E-state index contributed by atoms with van der Waals surface area (Å²) in [6.45, 7) is 3.47. The Labute approximate surface area is 109 Å². The number of nitrogen functional groups attached to an aromatic ring is 1. The molecule has 1 atom stereocenters. The molecule has 0 aliphatic carbocycles. The molecule has 0 bridgehead atoms. The Balaban J connectivity index is 2.05. The van der Waals surface area contributed by atoms with Gasteiger partial charge < -0.3 is 20.3 Å². The SMILES string of the molecule is Cc1noc(-c2ccc3c(c2)NC(=O)C(C)O3)c1N. The first-order valence-electron chi connectivity index (χ1n) is 5.90. The molecule has 3 rings (SSSR count). The monoisotopic (exact) mass is 259 g/mol. The smallest absolute Gasteiger partial charge is 0.265 e. The van der Waals surface area contributed by atoms with Crippen molar-refractivity contribution in [3.8, 4) is 17.1 Å². The number of aromatic nitrogens is 1. The number of anilines is 2. The molecule has 1 aromatic heterocycles. The summed E-state index contributed by atoms with van der Waals surface area (Å²) in [7, 11) is 0. The number of aryl methyl sites for hydroxylation is 1. The summed E-state index contributed by atoms with van der Waals surface area (Å²) in [5, 5.41) is 6.59. The normalized spacial score (nSPS) is 17.6. The lowest BCUT2D eigenvalue weighted by Crippen LogP contribution is -2.34. The van der Waals surface area contributed by atoms with Gasteiger partial charge in [0.2, 0.25) is 0 Å². The number of nitrogens with zero attached hydrogens (tertiary/aromatic N) is 1. The van der Waals surface area contributed by atoms with E-state index in [0.29, 0.717) is 28.6 Å². The molecule has 1 aliphatic heterocycles. The zero-order chi connectivity index (χ0) is 13.6. The third-order valence-electron chi connectivity index (χ3n) is 3.08. The lowest BCUT2D eigenvalue weighted by molar-refractivity contribution is -0.122. The third kappa shape index (κ3) is 1.81. The van der Waals surface area contributed by atoms with Gasteiger partial charge in [-0.25, -0.2) is 0 Å². The zero-order valence-electron chi connectivity index (χ0n) is 10.6. The van der Waals surface area contributed by atoms with E-state index in [1.54, 1.807) is 26.0 Å². The Morgan fingerprint density at radius 2 is 2.21 bits per heavy atom. The number of nitrogens with one attached hydrogen (secondary N) is 1. The third-order valence-corrected chi connectivity index (χ3v) is 3.08. The van der Waals surface area contributed by atoms with Crippen molar-refractivity contribution in [2.45, 2.75) is 20.0 Å². The number of rotatable bonds is 1. The zero-order valence-corrected chi connectivity index (χ0v) is 10.6. The van der Waals surface area contributed by atoms with Gasteiger partial charge in [-0.05, 0) is 32.0 Å². The first-order valence-corrected chi connectivity index (χ1v) is 5.90. The van der Waals surface area contributed by atoms with Crippen LogP contribution in [0.1, 0.15) is 12.6 Å². The van der Waals surface area contributed by atoms with Gasteiger partial charge in [-0.3, -0.25) is 4.79 Å². The summed E-state index contributed by atoms with van der Waals surface area (Å²) in [6, 6.07) is 5.35. The van der Waals surface area contributed by atoms with Crippen molar-refractivity contribution in [2.24, 2.45) is 0 Å². The fourth-order valence-corrected chi connectivity index (χ4v) is 1.93. The van der Waals surface area contributed by atoms with Gasteiger partial charge in [0, 0.05) is 5.56 Å². The Kier molecular flexibility index (Phi) is 2.45. The van der Waals surface area contributed by atoms with Crippen LogP contribution < -0.4 is 15.8 Å². The van der Waals surface area contributed by atoms with E-state index in [9.17, 15) is 4.79 Å². The van der Waals surface area contributed by atoms with Crippen LogP contribution in [0.15, 0.2) is 22.7 Å². The molecule has 1 amide bonds. The largest absolute Gasteiger partial charge is 0.479 e. The van der Waals surface area contributed by atoms with E-state index in [1.165, 1.54) is 0 Å². The second kappa shape index (κ2) is 4.01. The summed E-state index contributed by atoms with van der Waals surface area (Å²) in [5.41, 5.74) is 8.37. The molecule has 0 saturated heterocycles. The van der Waals surface area contributed by atoms with Crippen molar-refractivity contribution >= 4 is 17.3 Å². The number of ether oxygens (including phenoxy) is 1. The maximum atomic E-state index is 11.6. The van der Waals surface area contributed by atoms with Gasteiger partial charge in [-0.1, -0.05) is 5.16 Å². The molecule has 1 aliphatic rings. The molecule has 0 spiro atoms. The molecule has 2 aromatic rings. The van der Waals surface area contributed by atoms with E-state index in [1.807, 2.05) is 6.07 Å². The van der Waals surface area contributed by atoms with Crippen LogP contribution in [-0.4, -0.2) is 17.2 Å². The number of carbonyl (C=O) groups is 1. The molecule has 1 unspecified atom stereocenters. The van der Waals surface area contributed by atoms with Crippen LogP contribution in [0.3, 0.4) is 0 Å². The number of fused-ring (bicyclic) bond motifs is 1. The highest BCUT2D eigenvalue weighted by Crippen LogP contribution is 2.36. The second-order valence-corrected chi connectivity index (χ2v) is 4.47. The van der Waals surface area contributed by atoms with E-state index in [4.69, 9.17) is 15.0 Å². The highest BCUT2D eigenvalue weighted by Gasteiger charge is 2.24. The fourth-order valence-electron chi connectivity index (χ4n) is 1.93. The quantitative estimate of drug-likeness (QED) is 0.816. The van der Waals surface area contributed by atoms with E-state index in [-0.39, 0.29) is 5.91 Å². The van der Waals surface area contributed by atoms with Gasteiger partial charge >= 0.3 is 0 Å². The highest BCUT2D eigenvalue weighted by atomic mass is 16.5. The van der Waals surface area contributed by atoms with E-state index in [2.05, 4.69) is 10.5 Å². The Bertz CT molecular complexity index is 663. The maximum absolute atomic E-state index is 11.6. The van der Waals surface area contributed by atoms with Gasteiger partial charge in [-0.15, -0.1) is 0 Å². The van der Waals surface area contributed by atoms with Crippen molar-refractivity contribution in [2.75, 3.05) is 11.1 Å². The predicted octanol–water partition coefficient (Wildman–Crippen LogP) is 1.95. The number of amides is 1. The van der Waals surface area contributed by atoms with Crippen LogP contribution in [-0.2, 0) is 4.79 Å². The van der Waals surface area contributed by atoms with E-state index >= 15 is 0 Å². The van der Waals surface area contributed by atoms with Gasteiger partial charge in [0.05, 0.1) is 5.69 Å². The van der Waals surface area contributed by atoms with Gasteiger partial charge in [0.25, 0.3) is 5.91 Å². The standard InChI is InChI=1S/C13H13N3O3/c1-6-11(14)12(19-16-6)8-3-4-10-9(5-8)15-13(17)7(2)18-10/h3-5,7H,14H2,1-2H3,(H,15,17). The average molecular weight is 259 g/mol. The van der Waals surface area contributed by atoms with Crippen molar-refractivity contribution in [1.82, 2.24) is 5.16 Å². The van der Waals surface area contributed by atoms with Crippen LogP contribution in [0.5, 0.6) is 5.75 Å². The summed E-state index contributed by atoms with van der Waals surface area (Å²) < 4.78 is 10.7. The van der Waals surface area contributed by atoms with Crippen LogP contribution in [0.25, 0.3) is 11.3 Å². The van der Waals surface area contributed by atoms with Gasteiger partial charge in [0.15, 0.2) is 11.9 Å². The van der Waals surface area contributed by atoms with Crippen molar-refractivity contribution in [3.05, 3.63) is 23.9 Å². The fraction of sp³-hybridized carbons (Fsp3) is 0.231. The molecule has 1 aromatic carbocycles. The van der Waals surface area contributed by atoms with E-state index in [0.717, 1.165) is 5.56 Å². The first-order chi connectivity index (χ1) is 9.06. The molecule has 6 heteroatoms. The summed E-state index contributed by atoms with van der Waals surface area (Å²) >= 11 is 0. The second-order valence-electron chi connectivity index (χ2n) is 4.47. The number of benzene rings is 1. The van der Waals surface area contributed by atoms with Gasteiger partial charge in [0.1, 0.15) is 17.1 Å². The molecule has 2 heterocycles. The Morgan fingerprint density at radius 3 is 2.89 bits per heavy atom. The minimum atomic E-state index is -0.490. The summed E-state index contributed by atoms with van der Waals surface area (Å²) in [4.78, 5) is 11.6. The molecule has 0 radical (unpaired) electrons. The topological polar surface area (TPSA) is 90.4 Å². The van der Waals surface area contributed by atoms with E-state index < -0.39 is 6.10 Å². The Morgan fingerprint density at radius 1 is 1.42 bits per heavy atom. The number of hydrogen-bond donors (Lipinski definition) is 2. The lowest BCUT2D eigenvalue weighted by atomic mass is 10.1. The molecular formula is C13H13N3O3. The van der Waals surface area contributed by atoms with Gasteiger partial charge in [-0.2, -0.15) is 0 Å². The summed E-state index contributed by atoms with van der Waals surface area (Å²) in [6.07, 6.45) is -0.490. The molecule has 0 saturated carbocycles.